The van der Waals surface area contributed by atoms with Crippen LogP contribution >= 0.6 is 11.3 Å². The molecule has 2 aromatic heterocycles. The van der Waals surface area contributed by atoms with Crippen LogP contribution in [0.15, 0.2) is 34.0 Å². The number of aromatic amines is 1. The number of H-pyrrole nitrogens is 1. The van der Waals surface area contributed by atoms with Gasteiger partial charge in [0, 0.05) is 34.9 Å². The fraction of sp³-hybridized carbons (Fsp3) is 0.286. The number of hydrogen-bond acceptors (Lipinski definition) is 7. The van der Waals surface area contributed by atoms with Crippen molar-refractivity contribution in [3.05, 3.63) is 56.2 Å². The SMILES string of the molecule is Cc1sc(NC(=O)c2cc(=O)[nH]c3ccc(S(=O)(=O)N4CCOCC4)cc23)c(C(N)=O)c1C. The van der Waals surface area contributed by atoms with Crippen molar-refractivity contribution in [2.45, 2.75) is 18.7 Å². The molecule has 1 fully saturated rings. The summed E-state index contributed by atoms with van der Waals surface area (Å²) in [6, 6.07) is 5.31. The Hall–Kier alpha value is -3.06. The van der Waals surface area contributed by atoms with Gasteiger partial charge < -0.3 is 20.8 Å². The van der Waals surface area contributed by atoms with E-state index in [-0.39, 0.29) is 39.5 Å². The highest BCUT2D eigenvalue weighted by atomic mass is 32.2. The number of amides is 2. The van der Waals surface area contributed by atoms with Crippen molar-refractivity contribution >= 4 is 49.1 Å². The Morgan fingerprint density at radius 3 is 2.55 bits per heavy atom. The summed E-state index contributed by atoms with van der Waals surface area (Å²) in [4.78, 5) is 40.6. The molecule has 0 bridgehead atoms. The molecule has 0 radical (unpaired) electrons. The van der Waals surface area contributed by atoms with Gasteiger partial charge in [0.25, 0.3) is 11.8 Å². The Labute approximate surface area is 193 Å². The van der Waals surface area contributed by atoms with Crippen molar-refractivity contribution < 1.29 is 22.7 Å². The Balaban J connectivity index is 1.78. The number of primary amides is 1. The third kappa shape index (κ3) is 4.29. The predicted octanol–water partition coefficient (Wildman–Crippen LogP) is 1.58. The van der Waals surface area contributed by atoms with E-state index in [1.165, 1.54) is 33.8 Å². The van der Waals surface area contributed by atoms with E-state index in [9.17, 15) is 22.8 Å². The summed E-state index contributed by atoms with van der Waals surface area (Å²) in [7, 11) is -3.81. The van der Waals surface area contributed by atoms with E-state index in [1.807, 2.05) is 0 Å². The molecule has 3 aromatic rings. The van der Waals surface area contributed by atoms with E-state index in [0.29, 0.717) is 24.3 Å². The molecule has 12 heteroatoms. The Bertz CT molecular complexity index is 1430. The van der Waals surface area contributed by atoms with Crippen LogP contribution in [0.25, 0.3) is 10.9 Å². The molecule has 4 rings (SSSR count). The monoisotopic (exact) mass is 490 g/mol. The van der Waals surface area contributed by atoms with Crippen molar-refractivity contribution in [3.63, 3.8) is 0 Å². The highest BCUT2D eigenvalue weighted by molar-refractivity contribution is 7.89. The van der Waals surface area contributed by atoms with Crippen LogP contribution in [-0.2, 0) is 14.8 Å². The lowest BCUT2D eigenvalue weighted by molar-refractivity contribution is 0.0730. The maximum absolute atomic E-state index is 13.2. The van der Waals surface area contributed by atoms with Gasteiger partial charge in [0.2, 0.25) is 15.6 Å². The van der Waals surface area contributed by atoms with Gasteiger partial charge in [0.1, 0.15) is 5.00 Å². The van der Waals surface area contributed by atoms with Crippen LogP contribution in [0.1, 0.15) is 31.2 Å². The van der Waals surface area contributed by atoms with Gasteiger partial charge in [-0.2, -0.15) is 4.31 Å². The topological polar surface area (TPSA) is 152 Å². The Morgan fingerprint density at radius 2 is 1.88 bits per heavy atom. The second kappa shape index (κ2) is 8.71. The summed E-state index contributed by atoms with van der Waals surface area (Å²) in [6.07, 6.45) is 0. The normalized spacial score (nSPS) is 15.0. The van der Waals surface area contributed by atoms with Crippen molar-refractivity contribution in [2.24, 2.45) is 5.73 Å². The van der Waals surface area contributed by atoms with Gasteiger partial charge >= 0.3 is 0 Å². The molecule has 0 atom stereocenters. The minimum absolute atomic E-state index is 0.00126. The number of sulfonamides is 1. The molecule has 0 saturated carbocycles. The lowest BCUT2D eigenvalue weighted by Gasteiger charge is -2.26. The number of morpholine rings is 1. The highest BCUT2D eigenvalue weighted by Crippen LogP contribution is 2.33. The minimum atomic E-state index is -3.81. The molecule has 10 nitrogen and oxygen atoms in total. The number of aromatic nitrogens is 1. The van der Waals surface area contributed by atoms with Crippen LogP contribution < -0.4 is 16.6 Å². The predicted molar refractivity (Wildman–Crippen MR) is 124 cm³/mol. The van der Waals surface area contributed by atoms with Crippen LogP contribution in [-0.4, -0.2) is 55.8 Å². The van der Waals surface area contributed by atoms with E-state index >= 15 is 0 Å². The summed E-state index contributed by atoms with van der Waals surface area (Å²) >= 11 is 1.19. The summed E-state index contributed by atoms with van der Waals surface area (Å²) in [5.74, 6) is -1.34. The number of nitrogens with two attached hydrogens (primary N) is 1. The molecule has 0 aliphatic carbocycles. The molecule has 174 valence electrons. The van der Waals surface area contributed by atoms with E-state index in [1.54, 1.807) is 13.8 Å². The first-order chi connectivity index (χ1) is 15.6. The number of nitrogens with one attached hydrogen (secondary N) is 2. The Morgan fingerprint density at radius 1 is 1.18 bits per heavy atom. The number of nitrogens with zero attached hydrogens (tertiary/aromatic N) is 1. The number of ether oxygens (including phenoxy) is 1. The van der Waals surface area contributed by atoms with Crippen LogP contribution in [0.4, 0.5) is 5.00 Å². The first-order valence-electron chi connectivity index (χ1n) is 10.1. The molecule has 0 unspecified atom stereocenters. The van der Waals surface area contributed by atoms with Gasteiger partial charge in [-0.05, 0) is 37.6 Å². The smallest absolute Gasteiger partial charge is 0.257 e. The number of anilines is 1. The number of aryl methyl sites for hydroxylation is 1. The largest absolute Gasteiger partial charge is 0.379 e. The van der Waals surface area contributed by atoms with Crippen molar-refractivity contribution in [2.75, 3.05) is 31.6 Å². The number of pyridine rings is 1. The van der Waals surface area contributed by atoms with Gasteiger partial charge in [-0.25, -0.2) is 8.42 Å². The molecule has 1 aliphatic heterocycles. The van der Waals surface area contributed by atoms with Crippen LogP contribution in [0.5, 0.6) is 0 Å². The number of carbonyl (C=O) groups is 2. The summed E-state index contributed by atoms with van der Waals surface area (Å²) in [5.41, 5.74) is 6.11. The maximum atomic E-state index is 13.2. The van der Waals surface area contributed by atoms with Gasteiger partial charge in [-0.15, -0.1) is 11.3 Å². The average Bonchev–Trinajstić information content (AvgIpc) is 3.06. The van der Waals surface area contributed by atoms with Crippen molar-refractivity contribution in [1.29, 1.82) is 0 Å². The summed E-state index contributed by atoms with van der Waals surface area (Å²) < 4.78 is 32.7. The molecule has 1 aliphatic rings. The lowest BCUT2D eigenvalue weighted by atomic mass is 10.1. The maximum Gasteiger partial charge on any atom is 0.257 e. The number of benzene rings is 1. The van der Waals surface area contributed by atoms with Crippen LogP contribution in [0.2, 0.25) is 0 Å². The van der Waals surface area contributed by atoms with E-state index in [0.717, 1.165) is 10.9 Å². The molecule has 0 spiro atoms. The molecular weight excluding hydrogens is 468 g/mol. The quantitative estimate of drug-likeness (QED) is 0.494. The standard InChI is InChI=1S/C21H22N4O6S2/c1-11-12(2)32-21(18(11)19(22)27)24-20(28)15-10-17(26)23-16-4-3-13(9-14(15)16)33(29,30)25-5-7-31-8-6-25/h3-4,9-10H,5-8H2,1-2H3,(H2,22,27)(H,23,26)(H,24,28). The van der Waals surface area contributed by atoms with Crippen LogP contribution in [0, 0.1) is 13.8 Å². The van der Waals surface area contributed by atoms with E-state index in [2.05, 4.69) is 10.3 Å². The van der Waals surface area contributed by atoms with Crippen LogP contribution in [0.3, 0.4) is 0 Å². The van der Waals surface area contributed by atoms with E-state index < -0.39 is 27.4 Å². The molecule has 1 saturated heterocycles. The minimum Gasteiger partial charge on any atom is -0.379 e. The molecule has 1 aromatic carbocycles. The summed E-state index contributed by atoms with van der Waals surface area (Å²) in [5, 5.41) is 3.19. The average molecular weight is 491 g/mol. The number of carbonyl (C=O) groups excluding carboxylic acids is 2. The number of fused-ring (bicyclic) bond motifs is 1. The number of thiophene rings is 1. The number of rotatable bonds is 5. The zero-order valence-corrected chi connectivity index (χ0v) is 19.6. The Kier molecular flexibility index (Phi) is 6.10. The third-order valence-electron chi connectivity index (χ3n) is 5.53. The second-order valence-corrected chi connectivity index (χ2v) is 10.7. The van der Waals surface area contributed by atoms with Crippen molar-refractivity contribution in [1.82, 2.24) is 9.29 Å². The van der Waals surface area contributed by atoms with Gasteiger partial charge in [-0.3, -0.25) is 14.4 Å². The molecule has 33 heavy (non-hydrogen) atoms. The second-order valence-electron chi connectivity index (χ2n) is 7.58. The fourth-order valence-corrected chi connectivity index (χ4v) is 6.19. The lowest BCUT2D eigenvalue weighted by Crippen LogP contribution is -2.40. The zero-order valence-electron chi connectivity index (χ0n) is 17.9. The first kappa shape index (κ1) is 23.1. The van der Waals surface area contributed by atoms with Gasteiger partial charge in [-0.1, -0.05) is 0 Å². The van der Waals surface area contributed by atoms with E-state index in [4.69, 9.17) is 10.5 Å². The zero-order chi connectivity index (χ0) is 23.9. The summed E-state index contributed by atoms with van der Waals surface area (Å²) in [6.45, 7) is 4.59. The molecular formula is C21H22N4O6S2. The van der Waals surface area contributed by atoms with Crippen molar-refractivity contribution in [3.8, 4) is 0 Å². The van der Waals surface area contributed by atoms with Gasteiger partial charge in [0.05, 0.1) is 29.2 Å². The first-order valence-corrected chi connectivity index (χ1v) is 12.3. The molecule has 3 heterocycles. The molecule has 2 amide bonds. The third-order valence-corrected chi connectivity index (χ3v) is 8.54. The fourth-order valence-electron chi connectivity index (χ4n) is 3.70. The number of hydrogen-bond donors (Lipinski definition) is 3. The highest BCUT2D eigenvalue weighted by Gasteiger charge is 2.27. The van der Waals surface area contributed by atoms with Gasteiger partial charge in [0.15, 0.2) is 0 Å². The molecule has 4 N–H and O–H groups in total.